The highest BCUT2D eigenvalue weighted by molar-refractivity contribution is 7.27. The first-order chi connectivity index (χ1) is 32.6. The lowest BCUT2D eigenvalue weighted by atomic mass is 9.42. The van der Waals surface area contributed by atoms with Gasteiger partial charge in [-0.15, -0.1) is 22.7 Å². The highest BCUT2D eigenvalue weighted by Crippen LogP contribution is 2.60. The zero-order valence-electron chi connectivity index (χ0n) is 40.6. The third-order valence-corrected chi connectivity index (χ3v) is 19.2. The lowest BCUT2D eigenvalue weighted by Gasteiger charge is -2.51. The van der Waals surface area contributed by atoms with Crippen molar-refractivity contribution in [1.82, 2.24) is 0 Å². The van der Waals surface area contributed by atoms with Crippen LogP contribution in [0.4, 0.5) is 28.4 Å². The molecule has 0 bridgehead atoms. The van der Waals surface area contributed by atoms with E-state index in [2.05, 4.69) is 218 Å². The number of hydrogen-bond donors (Lipinski definition) is 0. The Morgan fingerprint density at radius 2 is 1.24 bits per heavy atom. The Kier molecular flexibility index (Phi) is 8.15. The van der Waals surface area contributed by atoms with Crippen molar-refractivity contribution in [3.63, 3.8) is 0 Å². The van der Waals surface area contributed by atoms with Crippen molar-refractivity contribution >= 4 is 109 Å². The Morgan fingerprint density at radius 3 is 2.03 bits per heavy atom. The molecule has 4 aliphatic rings. The maximum Gasteiger partial charge on any atom is 0.333 e. The van der Waals surface area contributed by atoms with Gasteiger partial charge in [0.05, 0.1) is 11.4 Å². The molecule has 332 valence electrons. The lowest BCUT2D eigenvalue weighted by molar-refractivity contribution is 0.332. The molecule has 2 nitrogen and oxygen atoms in total. The van der Waals surface area contributed by atoms with Gasteiger partial charge in [0.2, 0.25) is 0 Å². The van der Waals surface area contributed by atoms with Gasteiger partial charge in [-0.3, -0.25) is 0 Å². The quantitative estimate of drug-likeness (QED) is 0.159. The maximum atomic E-state index is 2.78. The van der Waals surface area contributed by atoms with Crippen molar-refractivity contribution in [3.05, 3.63) is 173 Å². The minimum Gasteiger partial charge on any atom is -0.376 e. The molecule has 0 saturated heterocycles. The molecule has 8 aromatic carbocycles. The van der Waals surface area contributed by atoms with Gasteiger partial charge in [0.25, 0.3) is 0 Å². The van der Waals surface area contributed by atoms with Crippen molar-refractivity contribution in [3.8, 4) is 22.3 Å². The predicted molar refractivity (Wildman–Crippen MR) is 297 cm³/mol. The summed E-state index contributed by atoms with van der Waals surface area (Å²) in [5.74, 6) is 0. The largest absolute Gasteiger partial charge is 0.376 e. The fourth-order valence-electron chi connectivity index (χ4n) is 13.1. The van der Waals surface area contributed by atoms with Gasteiger partial charge in [-0.25, -0.2) is 0 Å². The Labute approximate surface area is 409 Å². The van der Waals surface area contributed by atoms with Gasteiger partial charge in [-0.2, -0.15) is 0 Å². The first-order valence-corrected chi connectivity index (χ1v) is 26.3. The third-order valence-electron chi connectivity index (χ3n) is 16.8. The number of thiophene rings is 2. The van der Waals surface area contributed by atoms with Gasteiger partial charge in [0, 0.05) is 79.5 Å². The van der Waals surface area contributed by atoms with Crippen LogP contribution in [0.1, 0.15) is 103 Å². The lowest BCUT2D eigenvalue weighted by Crippen LogP contribution is -2.63. The first-order valence-electron chi connectivity index (χ1n) is 24.7. The van der Waals surface area contributed by atoms with E-state index in [-0.39, 0.29) is 28.5 Å². The van der Waals surface area contributed by atoms with Gasteiger partial charge in [-0.1, -0.05) is 159 Å². The van der Waals surface area contributed by atoms with E-state index in [0.29, 0.717) is 0 Å². The van der Waals surface area contributed by atoms with Gasteiger partial charge in [-0.05, 0) is 122 Å². The van der Waals surface area contributed by atoms with E-state index in [9.17, 15) is 0 Å². The molecule has 14 rings (SSSR count). The molecule has 0 N–H and O–H groups in total. The Morgan fingerprint density at radius 1 is 0.515 bits per heavy atom. The number of hydrogen-bond acceptors (Lipinski definition) is 4. The molecule has 5 heteroatoms. The fourth-order valence-corrected chi connectivity index (χ4v) is 15.5. The molecular weight excluding hydrogens is 860 g/mol. The molecule has 5 heterocycles. The smallest absolute Gasteiger partial charge is 0.333 e. The molecule has 0 saturated carbocycles. The maximum absolute atomic E-state index is 2.78. The van der Waals surface area contributed by atoms with Crippen LogP contribution in [0, 0.1) is 0 Å². The minimum absolute atomic E-state index is 0.0338. The van der Waals surface area contributed by atoms with Gasteiger partial charge in [0.15, 0.2) is 0 Å². The van der Waals surface area contributed by atoms with E-state index in [1.54, 1.807) is 0 Å². The highest BCUT2D eigenvalue weighted by atomic mass is 32.1. The molecule has 3 aliphatic heterocycles. The van der Waals surface area contributed by atoms with Crippen molar-refractivity contribution in [2.24, 2.45) is 0 Å². The molecule has 0 atom stereocenters. The van der Waals surface area contributed by atoms with Crippen LogP contribution in [-0.2, 0) is 21.7 Å². The van der Waals surface area contributed by atoms with Crippen LogP contribution >= 0.6 is 22.7 Å². The van der Waals surface area contributed by atoms with Crippen LogP contribution in [-0.4, -0.2) is 6.85 Å². The predicted octanol–water partition coefficient (Wildman–Crippen LogP) is 17.1. The van der Waals surface area contributed by atoms with E-state index < -0.39 is 0 Å². The van der Waals surface area contributed by atoms with Crippen LogP contribution in [0.5, 0.6) is 0 Å². The SMILES string of the molecule is CC(C)(C)c1ccc(N2c3cc4c(sc5ccccc54)c4c3B(c3ccc5sc6cc7c(cc6c5c32)C(C)(C)CCC7(C)C)N2c3ccccc3C(C)(C)c3cccc-4c32)c(-c2ccccc2)c1. The van der Waals surface area contributed by atoms with Gasteiger partial charge < -0.3 is 9.71 Å². The molecule has 0 spiro atoms. The molecule has 1 aliphatic carbocycles. The average Bonchev–Trinajstić information content (AvgIpc) is 3.90. The summed E-state index contributed by atoms with van der Waals surface area (Å²) in [6.45, 7) is 21.7. The second kappa shape index (κ2) is 13.6. The summed E-state index contributed by atoms with van der Waals surface area (Å²) in [5.41, 5.74) is 21.6. The zero-order valence-corrected chi connectivity index (χ0v) is 42.2. The molecule has 10 aromatic rings. The molecule has 2 aromatic heterocycles. The van der Waals surface area contributed by atoms with Crippen LogP contribution in [0.25, 0.3) is 62.6 Å². The Bertz CT molecular complexity index is 3840. The summed E-state index contributed by atoms with van der Waals surface area (Å²) in [5, 5.41) is 5.41. The van der Waals surface area contributed by atoms with Crippen LogP contribution in [0.3, 0.4) is 0 Å². The van der Waals surface area contributed by atoms with E-state index in [0.717, 1.165) is 0 Å². The van der Waals surface area contributed by atoms with Crippen molar-refractivity contribution in [2.75, 3.05) is 9.71 Å². The minimum atomic E-state index is -0.192. The van der Waals surface area contributed by atoms with E-state index in [1.807, 2.05) is 22.7 Å². The Balaban J connectivity index is 1.21. The summed E-state index contributed by atoms with van der Waals surface area (Å²) in [4.78, 5) is 5.53. The number of rotatable bonds is 2. The van der Waals surface area contributed by atoms with E-state index in [4.69, 9.17) is 0 Å². The van der Waals surface area contributed by atoms with Crippen molar-refractivity contribution in [2.45, 2.75) is 96.8 Å². The standard InChI is InChI=1S/C63H55BN2S2/c1-60(2,3)37-26-28-48(40(32-37)36-18-11-10-12-19-36)65-50-34-41-38-20-13-16-25-51(38)68-59(41)55-39-21-17-23-44-57(39)66(49-24-15-14-22-43(49)63(44,8)9)64(56(50)55)47-27-29-52-54(58(47)65)42-33-45-46(35-53(42)67-52)62(6,7)31-30-61(45,4)5/h10-29,32-35H,30-31H2,1-9H3. The normalized spacial score (nSPS) is 17.0. The second-order valence-corrected chi connectivity index (χ2v) is 25.2. The summed E-state index contributed by atoms with van der Waals surface area (Å²) in [6.07, 6.45) is 2.38. The van der Waals surface area contributed by atoms with Crippen molar-refractivity contribution in [1.29, 1.82) is 0 Å². The summed E-state index contributed by atoms with van der Waals surface area (Å²) < 4.78 is 5.45. The van der Waals surface area contributed by atoms with Crippen LogP contribution in [0.2, 0.25) is 0 Å². The van der Waals surface area contributed by atoms with E-state index >= 15 is 0 Å². The summed E-state index contributed by atoms with van der Waals surface area (Å²) in [6, 6.07) is 57.0. The van der Waals surface area contributed by atoms with Crippen LogP contribution < -0.4 is 20.6 Å². The number of fused-ring (bicyclic) bond motifs is 15. The van der Waals surface area contributed by atoms with Crippen LogP contribution in [0.15, 0.2) is 146 Å². The molecule has 0 unspecified atom stereocenters. The van der Waals surface area contributed by atoms with Gasteiger partial charge in [0.1, 0.15) is 0 Å². The molecule has 0 amide bonds. The highest BCUT2D eigenvalue weighted by Gasteiger charge is 2.51. The fraction of sp³-hybridized carbons (Fsp3) is 0.238. The number of benzene rings is 8. The van der Waals surface area contributed by atoms with Gasteiger partial charge >= 0.3 is 6.85 Å². The second-order valence-electron chi connectivity index (χ2n) is 23.1. The van der Waals surface area contributed by atoms with E-state index in [1.165, 1.54) is 143 Å². The topological polar surface area (TPSA) is 6.48 Å². The molecular formula is C63H55BN2S2. The average molecular weight is 915 g/mol. The Hall–Kier alpha value is -6.14. The summed E-state index contributed by atoms with van der Waals surface area (Å²) in [7, 11) is 0. The third kappa shape index (κ3) is 5.35. The molecule has 0 radical (unpaired) electrons. The van der Waals surface area contributed by atoms with Crippen molar-refractivity contribution < 1.29 is 0 Å². The number of nitrogens with zero attached hydrogens (tertiary/aromatic N) is 2. The number of para-hydroxylation sites is 2. The molecule has 68 heavy (non-hydrogen) atoms. The first kappa shape index (κ1) is 40.9. The zero-order chi connectivity index (χ0) is 46.4. The monoisotopic (exact) mass is 914 g/mol. The number of anilines is 5. The summed E-state index contributed by atoms with van der Waals surface area (Å²) >= 11 is 3.95. The molecule has 0 fully saturated rings.